The highest BCUT2D eigenvalue weighted by molar-refractivity contribution is 9.10. The molecule has 1 aromatic carbocycles. The Bertz CT molecular complexity index is 660. The van der Waals surface area contributed by atoms with Crippen molar-refractivity contribution in [1.82, 2.24) is 9.80 Å². The van der Waals surface area contributed by atoms with E-state index in [-0.39, 0.29) is 23.8 Å². The zero-order valence-corrected chi connectivity index (χ0v) is 16.6. The van der Waals surface area contributed by atoms with Gasteiger partial charge >= 0.3 is 0 Å². The molecular formula is C19H23BrN2O2S. The van der Waals surface area contributed by atoms with Gasteiger partial charge in [-0.05, 0) is 42.9 Å². The fraction of sp³-hybridized carbons (Fsp3) is 0.579. The summed E-state index contributed by atoms with van der Waals surface area (Å²) < 4.78 is 1.06. The van der Waals surface area contributed by atoms with E-state index >= 15 is 0 Å². The molecular weight excluding hydrogens is 400 g/mol. The first-order valence-electron chi connectivity index (χ1n) is 9.07. The van der Waals surface area contributed by atoms with E-state index in [1.54, 1.807) is 0 Å². The van der Waals surface area contributed by atoms with E-state index in [1.807, 2.05) is 33.7 Å². The maximum Gasteiger partial charge on any atom is 0.245 e. The predicted octanol–water partition coefficient (Wildman–Crippen LogP) is 3.12. The zero-order chi connectivity index (χ0) is 17.4. The van der Waals surface area contributed by atoms with Crippen molar-refractivity contribution in [2.24, 2.45) is 5.92 Å². The molecule has 2 heterocycles. The van der Waals surface area contributed by atoms with Crippen molar-refractivity contribution in [2.45, 2.75) is 31.2 Å². The second-order valence-electron chi connectivity index (χ2n) is 7.13. The van der Waals surface area contributed by atoms with Crippen LogP contribution in [0.2, 0.25) is 0 Å². The number of carbonyl (C=O) groups is 2. The second-order valence-corrected chi connectivity index (χ2v) is 9.27. The van der Waals surface area contributed by atoms with Gasteiger partial charge < -0.3 is 9.80 Å². The Balaban J connectivity index is 1.41. The summed E-state index contributed by atoms with van der Waals surface area (Å²) in [6.07, 6.45) is 2.68. The highest BCUT2D eigenvalue weighted by atomic mass is 79.9. The summed E-state index contributed by atoms with van der Waals surface area (Å²) in [4.78, 5) is 29.7. The Morgan fingerprint density at radius 3 is 2.48 bits per heavy atom. The predicted molar refractivity (Wildman–Crippen MR) is 104 cm³/mol. The smallest absolute Gasteiger partial charge is 0.245 e. The first-order chi connectivity index (χ1) is 12.1. The molecule has 2 amide bonds. The fourth-order valence-electron chi connectivity index (χ4n) is 4.04. The molecule has 0 spiro atoms. The Hall–Kier alpha value is -1.01. The number of rotatable bonds is 3. The summed E-state index contributed by atoms with van der Waals surface area (Å²) in [6.45, 7) is 2.39. The van der Waals surface area contributed by atoms with E-state index in [0.29, 0.717) is 5.92 Å². The number of benzene rings is 1. The van der Waals surface area contributed by atoms with Gasteiger partial charge in [0.15, 0.2) is 0 Å². The highest BCUT2D eigenvalue weighted by Crippen LogP contribution is 2.49. The third-order valence-electron chi connectivity index (χ3n) is 5.55. The minimum Gasteiger partial charge on any atom is -0.339 e. The lowest BCUT2D eigenvalue weighted by Gasteiger charge is -2.32. The van der Waals surface area contributed by atoms with Gasteiger partial charge in [-0.15, -0.1) is 0 Å². The monoisotopic (exact) mass is 422 g/mol. The Morgan fingerprint density at radius 2 is 1.76 bits per heavy atom. The number of likely N-dealkylation sites (tertiary alicyclic amines) is 1. The summed E-state index contributed by atoms with van der Waals surface area (Å²) in [5, 5.41) is 0. The molecule has 0 bridgehead atoms. The van der Waals surface area contributed by atoms with Crippen LogP contribution in [0.4, 0.5) is 0 Å². The zero-order valence-electron chi connectivity index (χ0n) is 14.2. The van der Waals surface area contributed by atoms with Crippen molar-refractivity contribution in [3.63, 3.8) is 0 Å². The number of amides is 2. The minimum absolute atomic E-state index is 0.0616. The van der Waals surface area contributed by atoms with Crippen LogP contribution < -0.4 is 0 Å². The van der Waals surface area contributed by atoms with E-state index in [4.69, 9.17) is 0 Å². The SMILES string of the molecule is O=C(C1CCCN1C(=O)C1CC1c1ccc(Br)cc1)N1CCSCC1. The van der Waals surface area contributed by atoms with Crippen LogP contribution >= 0.6 is 27.7 Å². The van der Waals surface area contributed by atoms with Gasteiger partial charge in [0, 0.05) is 41.5 Å². The molecule has 0 aromatic heterocycles. The second kappa shape index (κ2) is 7.31. The van der Waals surface area contributed by atoms with Crippen LogP contribution in [0.3, 0.4) is 0 Å². The average Bonchev–Trinajstić information content (AvgIpc) is 3.29. The van der Waals surface area contributed by atoms with E-state index in [0.717, 1.165) is 54.9 Å². The highest BCUT2D eigenvalue weighted by Gasteiger charge is 2.49. The molecule has 3 fully saturated rings. The van der Waals surface area contributed by atoms with Crippen LogP contribution in [0, 0.1) is 5.92 Å². The molecule has 4 rings (SSSR count). The van der Waals surface area contributed by atoms with Crippen molar-refractivity contribution < 1.29 is 9.59 Å². The molecule has 1 aliphatic carbocycles. The van der Waals surface area contributed by atoms with Gasteiger partial charge in [0.1, 0.15) is 6.04 Å². The number of thioether (sulfide) groups is 1. The number of halogens is 1. The van der Waals surface area contributed by atoms with E-state index in [1.165, 1.54) is 5.56 Å². The maximum atomic E-state index is 13.0. The molecule has 6 heteroatoms. The van der Waals surface area contributed by atoms with Gasteiger partial charge in [-0.1, -0.05) is 28.1 Å². The molecule has 134 valence electrons. The Labute approximate surface area is 161 Å². The molecule has 1 saturated carbocycles. The molecule has 3 unspecified atom stereocenters. The molecule has 2 saturated heterocycles. The normalized spacial score (nSPS) is 28.9. The lowest BCUT2D eigenvalue weighted by atomic mass is 10.1. The Morgan fingerprint density at radius 1 is 1.04 bits per heavy atom. The quantitative estimate of drug-likeness (QED) is 0.750. The van der Waals surface area contributed by atoms with E-state index < -0.39 is 0 Å². The number of nitrogens with zero attached hydrogens (tertiary/aromatic N) is 2. The first-order valence-corrected chi connectivity index (χ1v) is 11.0. The van der Waals surface area contributed by atoms with Gasteiger partial charge in [0.05, 0.1) is 0 Å². The lowest BCUT2D eigenvalue weighted by Crippen LogP contribution is -2.50. The van der Waals surface area contributed by atoms with Crippen LogP contribution in [-0.4, -0.2) is 58.8 Å². The molecule has 3 aliphatic rings. The van der Waals surface area contributed by atoms with E-state index in [2.05, 4.69) is 28.1 Å². The summed E-state index contributed by atoms with van der Waals surface area (Å²) in [7, 11) is 0. The standard InChI is InChI=1S/C19H23BrN2O2S/c20-14-5-3-13(4-6-14)15-12-16(15)18(23)22-7-1-2-17(22)19(24)21-8-10-25-11-9-21/h3-6,15-17H,1-2,7-12H2. The Kier molecular flexibility index (Phi) is 5.09. The number of carbonyl (C=O) groups excluding carboxylic acids is 2. The van der Waals surface area contributed by atoms with Gasteiger partial charge in [-0.3, -0.25) is 9.59 Å². The van der Waals surface area contributed by atoms with Crippen LogP contribution in [0.15, 0.2) is 28.7 Å². The average molecular weight is 423 g/mol. The third kappa shape index (κ3) is 3.61. The number of hydrogen-bond acceptors (Lipinski definition) is 3. The van der Waals surface area contributed by atoms with Gasteiger partial charge in [0.2, 0.25) is 11.8 Å². The molecule has 0 radical (unpaired) electrons. The molecule has 3 atom stereocenters. The summed E-state index contributed by atoms with van der Waals surface area (Å²) >= 11 is 5.36. The maximum absolute atomic E-state index is 13.0. The molecule has 4 nitrogen and oxygen atoms in total. The van der Waals surface area contributed by atoms with Gasteiger partial charge in [-0.25, -0.2) is 0 Å². The van der Waals surface area contributed by atoms with Gasteiger partial charge in [-0.2, -0.15) is 11.8 Å². The van der Waals surface area contributed by atoms with Crippen molar-refractivity contribution in [2.75, 3.05) is 31.1 Å². The first kappa shape index (κ1) is 17.4. The van der Waals surface area contributed by atoms with E-state index in [9.17, 15) is 9.59 Å². The summed E-state index contributed by atoms with van der Waals surface area (Å²) in [6, 6.07) is 8.04. The fourth-order valence-corrected chi connectivity index (χ4v) is 5.21. The van der Waals surface area contributed by atoms with Gasteiger partial charge in [0.25, 0.3) is 0 Å². The largest absolute Gasteiger partial charge is 0.339 e. The summed E-state index contributed by atoms with van der Waals surface area (Å²) in [5.41, 5.74) is 1.23. The van der Waals surface area contributed by atoms with Crippen LogP contribution in [0.1, 0.15) is 30.7 Å². The van der Waals surface area contributed by atoms with Crippen LogP contribution in [-0.2, 0) is 9.59 Å². The number of hydrogen-bond donors (Lipinski definition) is 0. The van der Waals surface area contributed by atoms with Crippen LogP contribution in [0.25, 0.3) is 0 Å². The van der Waals surface area contributed by atoms with Crippen molar-refractivity contribution >= 4 is 39.5 Å². The van der Waals surface area contributed by atoms with Crippen molar-refractivity contribution in [3.05, 3.63) is 34.3 Å². The molecule has 25 heavy (non-hydrogen) atoms. The third-order valence-corrected chi connectivity index (χ3v) is 7.02. The van der Waals surface area contributed by atoms with Crippen molar-refractivity contribution in [1.29, 1.82) is 0 Å². The molecule has 0 N–H and O–H groups in total. The lowest BCUT2D eigenvalue weighted by molar-refractivity contribution is -0.144. The summed E-state index contributed by atoms with van der Waals surface area (Å²) in [5.74, 6) is 2.78. The topological polar surface area (TPSA) is 40.6 Å². The molecule has 1 aromatic rings. The minimum atomic E-state index is -0.221. The van der Waals surface area contributed by atoms with Crippen LogP contribution in [0.5, 0.6) is 0 Å². The van der Waals surface area contributed by atoms with Crippen molar-refractivity contribution in [3.8, 4) is 0 Å². The molecule has 2 aliphatic heterocycles.